The molecule has 3 rings (SSSR count). The van der Waals surface area contributed by atoms with Crippen LogP contribution in [0.1, 0.15) is 28.4 Å². The zero-order valence-corrected chi connectivity index (χ0v) is 14.2. The lowest BCUT2D eigenvalue weighted by atomic mass is 9.97. The number of fused-ring (bicyclic) bond motifs is 1. The number of hydrogen-bond donors (Lipinski definition) is 0. The molecular formula is C19H17FN2O3. The zero-order chi connectivity index (χ0) is 18.1. The van der Waals surface area contributed by atoms with Gasteiger partial charge in [0.25, 0.3) is 5.56 Å². The predicted molar refractivity (Wildman–Crippen MR) is 92.7 cm³/mol. The van der Waals surface area contributed by atoms with Crippen molar-refractivity contribution in [3.8, 4) is 5.69 Å². The van der Waals surface area contributed by atoms with Crippen LogP contribution in [0.15, 0.2) is 41.3 Å². The summed E-state index contributed by atoms with van der Waals surface area (Å²) in [6.45, 7) is 5.50. The Hall–Kier alpha value is -3.02. The maximum absolute atomic E-state index is 13.1. The van der Waals surface area contributed by atoms with Gasteiger partial charge in [0.2, 0.25) is 0 Å². The van der Waals surface area contributed by atoms with Crippen molar-refractivity contribution in [2.24, 2.45) is 0 Å². The number of benzene rings is 2. The Morgan fingerprint density at radius 1 is 1.24 bits per heavy atom. The van der Waals surface area contributed by atoms with Crippen molar-refractivity contribution in [2.45, 2.75) is 20.8 Å². The first-order valence-corrected chi connectivity index (χ1v) is 7.89. The first-order chi connectivity index (χ1) is 11.9. The number of hydrogen-bond acceptors (Lipinski definition) is 4. The van der Waals surface area contributed by atoms with Gasteiger partial charge in [-0.2, -0.15) is 9.78 Å². The van der Waals surface area contributed by atoms with Crippen LogP contribution < -0.4 is 5.56 Å². The number of nitrogens with zero attached hydrogens (tertiary/aromatic N) is 2. The summed E-state index contributed by atoms with van der Waals surface area (Å²) in [7, 11) is 0. The van der Waals surface area contributed by atoms with Crippen LogP contribution in [0.4, 0.5) is 4.39 Å². The number of aryl methyl sites for hydroxylation is 2. The Labute approximate surface area is 143 Å². The summed E-state index contributed by atoms with van der Waals surface area (Å²) < 4.78 is 19.4. The number of carbonyl (C=O) groups excluding carboxylic acids is 1. The summed E-state index contributed by atoms with van der Waals surface area (Å²) >= 11 is 0. The maximum atomic E-state index is 13.1. The SMILES string of the molecule is CCOC(=O)c1c(C)cc2cnn(-c3ccc(F)cc3)c(=O)c2c1C. The Kier molecular flexibility index (Phi) is 4.35. The van der Waals surface area contributed by atoms with Crippen LogP contribution in [-0.4, -0.2) is 22.4 Å². The fourth-order valence-electron chi connectivity index (χ4n) is 2.96. The first kappa shape index (κ1) is 16.8. The molecule has 1 aromatic heterocycles. The van der Waals surface area contributed by atoms with E-state index in [4.69, 9.17) is 4.74 Å². The monoisotopic (exact) mass is 340 g/mol. The molecule has 128 valence electrons. The molecule has 0 spiro atoms. The normalized spacial score (nSPS) is 10.9. The smallest absolute Gasteiger partial charge is 0.338 e. The molecule has 0 atom stereocenters. The van der Waals surface area contributed by atoms with Crippen LogP contribution in [0.25, 0.3) is 16.5 Å². The van der Waals surface area contributed by atoms with E-state index in [1.165, 1.54) is 28.9 Å². The number of carbonyl (C=O) groups is 1. The van der Waals surface area contributed by atoms with Crippen molar-refractivity contribution in [2.75, 3.05) is 6.61 Å². The van der Waals surface area contributed by atoms with E-state index in [1.807, 2.05) is 0 Å². The molecule has 0 aliphatic rings. The second-order valence-corrected chi connectivity index (χ2v) is 5.72. The molecular weight excluding hydrogens is 323 g/mol. The molecule has 25 heavy (non-hydrogen) atoms. The van der Waals surface area contributed by atoms with Gasteiger partial charge in [-0.3, -0.25) is 4.79 Å². The average Bonchev–Trinajstić information content (AvgIpc) is 2.56. The van der Waals surface area contributed by atoms with Gasteiger partial charge in [0.15, 0.2) is 0 Å². The minimum absolute atomic E-state index is 0.256. The lowest BCUT2D eigenvalue weighted by molar-refractivity contribution is 0.0525. The minimum atomic E-state index is -0.455. The molecule has 3 aromatic rings. The quantitative estimate of drug-likeness (QED) is 0.686. The molecule has 0 amide bonds. The summed E-state index contributed by atoms with van der Waals surface area (Å²) in [4.78, 5) is 25.2. The second kappa shape index (κ2) is 6.47. The molecule has 2 aromatic carbocycles. The van der Waals surface area contributed by atoms with Crippen LogP contribution in [0.2, 0.25) is 0 Å². The van der Waals surface area contributed by atoms with Crippen molar-refractivity contribution in [3.63, 3.8) is 0 Å². The molecule has 0 fully saturated rings. The largest absolute Gasteiger partial charge is 0.462 e. The van der Waals surface area contributed by atoms with Gasteiger partial charge in [0, 0.05) is 5.39 Å². The Morgan fingerprint density at radius 2 is 1.92 bits per heavy atom. The Balaban J connectivity index is 2.29. The van der Waals surface area contributed by atoms with E-state index < -0.39 is 11.8 Å². The Bertz CT molecular complexity index is 1020. The summed E-state index contributed by atoms with van der Waals surface area (Å²) in [6, 6.07) is 7.23. The summed E-state index contributed by atoms with van der Waals surface area (Å²) in [6.07, 6.45) is 1.56. The molecule has 0 radical (unpaired) electrons. The molecule has 6 heteroatoms. The summed E-state index contributed by atoms with van der Waals surface area (Å²) in [5.74, 6) is -0.849. The van der Waals surface area contributed by atoms with Crippen molar-refractivity contribution >= 4 is 16.7 Å². The van der Waals surface area contributed by atoms with Gasteiger partial charge in [-0.1, -0.05) is 0 Å². The van der Waals surface area contributed by atoms with E-state index in [0.717, 1.165) is 5.56 Å². The molecule has 1 heterocycles. The third-order valence-corrected chi connectivity index (χ3v) is 4.07. The van der Waals surface area contributed by atoms with E-state index in [1.54, 1.807) is 33.0 Å². The van der Waals surface area contributed by atoms with Gasteiger partial charge >= 0.3 is 5.97 Å². The predicted octanol–water partition coefficient (Wildman–Crippen LogP) is 3.32. The number of esters is 1. The second-order valence-electron chi connectivity index (χ2n) is 5.72. The maximum Gasteiger partial charge on any atom is 0.338 e. The first-order valence-electron chi connectivity index (χ1n) is 7.89. The van der Waals surface area contributed by atoms with Crippen LogP contribution in [-0.2, 0) is 4.74 Å². The van der Waals surface area contributed by atoms with Crippen molar-refractivity contribution in [1.29, 1.82) is 0 Å². The molecule has 0 bridgehead atoms. The van der Waals surface area contributed by atoms with E-state index in [-0.39, 0.29) is 12.2 Å². The highest BCUT2D eigenvalue weighted by Crippen LogP contribution is 2.23. The van der Waals surface area contributed by atoms with Gasteiger partial charge in [0.1, 0.15) is 5.82 Å². The van der Waals surface area contributed by atoms with Crippen LogP contribution in [0.5, 0.6) is 0 Å². The molecule has 0 saturated carbocycles. The number of ether oxygens (including phenoxy) is 1. The van der Waals surface area contributed by atoms with Crippen LogP contribution in [0.3, 0.4) is 0 Å². The number of rotatable bonds is 3. The highest BCUT2D eigenvalue weighted by atomic mass is 19.1. The Morgan fingerprint density at radius 3 is 2.56 bits per heavy atom. The number of halogens is 1. The van der Waals surface area contributed by atoms with Gasteiger partial charge in [-0.15, -0.1) is 0 Å². The summed E-state index contributed by atoms with van der Waals surface area (Å²) in [5.41, 5.74) is 1.75. The highest BCUT2D eigenvalue weighted by Gasteiger charge is 2.19. The van der Waals surface area contributed by atoms with Gasteiger partial charge in [-0.25, -0.2) is 9.18 Å². The van der Waals surface area contributed by atoms with E-state index in [0.29, 0.717) is 27.6 Å². The fraction of sp³-hybridized carbons (Fsp3) is 0.211. The molecule has 0 unspecified atom stereocenters. The standard InChI is InChI=1S/C19H17FN2O3/c1-4-25-19(24)16-11(2)9-13-10-21-22(18(23)17(13)12(16)3)15-7-5-14(20)6-8-15/h5-10H,4H2,1-3H3. The lowest BCUT2D eigenvalue weighted by Gasteiger charge is -2.13. The molecule has 5 nitrogen and oxygen atoms in total. The molecule has 0 aliphatic carbocycles. The minimum Gasteiger partial charge on any atom is -0.462 e. The van der Waals surface area contributed by atoms with Gasteiger partial charge < -0.3 is 4.74 Å². The third kappa shape index (κ3) is 2.91. The van der Waals surface area contributed by atoms with Crippen molar-refractivity contribution in [3.05, 3.63) is 69.4 Å². The van der Waals surface area contributed by atoms with Crippen molar-refractivity contribution in [1.82, 2.24) is 9.78 Å². The van der Waals surface area contributed by atoms with E-state index in [2.05, 4.69) is 5.10 Å². The molecule has 0 N–H and O–H groups in total. The zero-order valence-electron chi connectivity index (χ0n) is 14.2. The fourth-order valence-corrected chi connectivity index (χ4v) is 2.96. The van der Waals surface area contributed by atoms with Crippen LogP contribution >= 0.6 is 0 Å². The van der Waals surface area contributed by atoms with E-state index in [9.17, 15) is 14.0 Å². The molecule has 0 aliphatic heterocycles. The molecule has 0 saturated heterocycles. The average molecular weight is 340 g/mol. The number of aromatic nitrogens is 2. The highest BCUT2D eigenvalue weighted by molar-refractivity contribution is 5.99. The van der Waals surface area contributed by atoms with Gasteiger partial charge in [-0.05, 0) is 62.2 Å². The van der Waals surface area contributed by atoms with Crippen molar-refractivity contribution < 1.29 is 13.9 Å². The van der Waals surface area contributed by atoms with Gasteiger partial charge in [0.05, 0.1) is 29.4 Å². The van der Waals surface area contributed by atoms with Crippen LogP contribution in [0, 0.1) is 19.7 Å². The topological polar surface area (TPSA) is 61.2 Å². The summed E-state index contributed by atoms with van der Waals surface area (Å²) in [5, 5.41) is 5.21. The lowest BCUT2D eigenvalue weighted by Crippen LogP contribution is -2.23. The van der Waals surface area contributed by atoms with E-state index >= 15 is 0 Å². The third-order valence-electron chi connectivity index (χ3n) is 4.07.